The van der Waals surface area contributed by atoms with E-state index in [9.17, 15) is 18.0 Å². The fourth-order valence-electron chi connectivity index (χ4n) is 2.56. The lowest BCUT2D eigenvalue weighted by Gasteiger charge is -2.09. The molecule has 0 fully saturated rings. The first-order valence-corrected chi connectivity index (χ1v) is 11.3. The smallest absolute Gasteiger partial charge is 0.267 e. The van der Waals surface area contributed by atoms with Crippen molar-refractivity contribution in [3.8, 4) is 0 Å². The Morgan fingerprint density at radius 3 is 2.52 bits per heavy atom. The maximum absolute atomic E-state index is 12.8. The van der Waals surface area contributed by atoms with Gasteiger partial charge in [0, 0.05) is 16.6 Å². The Morgan fingerprint density at radius 2 is 1.83 bits per heavy atom. The first-order chi connectivity index (χ1) is 13.8. The molecule has 3 aromatic rings. The average molecular weight is 430 g/mol. The van der Waals surface area contributed by atoms with Crippen molar-refractivity contribution in [1.82, 2.24) is 9.78 Å². The van der Waals surface area contributed by atoms with Gasteiger partial charge in [0.05, 0.1) is 4.90 Å². The monoisotopic (exact) mass is 429 g/mol. The highest BCUT2D eigenvalue weighted by Crippen LogP contribution is 2.20. The third-order valence-electron chi connectivity index (χ3n) is 4.10. The maximum Gasteiger partial charge on any atom is 0.267 e. The number of aryl methyl sites for hydroxylation is 1. The highest BCUT2D eigenvalue weighted by Gasteiger charge is 2.21. The second-order valence-electron chi connectivity index (χ2n) is 6.26. The molecule has 0 saturated carbocycles. The Bertz CT molecular complexity index is 1200. The van der Waals surface area contributed by atoms with Gasteiger partial charge in [-0.25, -0.2) is 13.1 Å². The molecule has 1 heterocycles. The van der Waals surface area contributed by atoms with E-state index in [1.165, 1.54) is 23.9 Å². The second-order valence-corrected chi connectivity index (χ2v) is 9.04. The molecule has 0 aliphatic heterocycles. The summed E-state index contributed by atoms with van der Waals surface area (Å²) in [4.78, 5) is 25.5. The van der Waals surface area contributed by atoms with E-state index in [1.807, 2.05) is 19.2 Å². The summed E-state index contributed by atoms with van der Waals surface area (Å²) < 4.78 is 26.4. The zero-order chi connectivity index (χ0) is 21.0. The number of thioether (sulfide) groups is 1. The van der Waals surface area contributed by atoms with Crippen molar-refractivity contribution in [2.45, 2.75) is 28.3 Å². The number of carbonyl (C=O) groups is 1. The number of benzene rings is 2. The van der Waals surface area contributed by atoms with Gasteiger partial charge in [0.2, 0.25) is 15.7 Å². The molecular formula is C20H19N3O4S2. The number of amides is 1. The SMILES string of the molecule is CSc1cccc(NC(=O)Cn2nc(S(=O)(=O)c3ccc(C)cc3)ccc2=O)c1. The van der Waals surface area contributed by atoms with Crippen LogP contribution in [0.4, 0.5) is 5.69 Å². The van der Waals surface area contributed by atoms with Gasteiger partial charge in [-0.1, -0.05) is 23.8 Å². The maximum atomic E-state index is 12.8. The molecule has 1 aromatic heterocycles. The lowest BCUT2D eigenvalue weighted by Crippen LogP contribution is -2.30. The summed E-state index contributed by atoms with van der Waals surface area (Å²) >= 11 is 1.53. The van der Waals surface area contributed by atoms with Crippen molar-refractivity contribution in [3.05, 3.63) is 76.6 Å². The van der Waals surface area contributed by atoms with E-state index in [0.717, 1.165) is 27.3 Å². The molecule has 1 N–H and O–H groups in total. The number of nitrogens with zero attached hydrogens (tertiary/aromatic N) is 2. The summed E-state index contributed by atoms with van der Waals surface area (Å²) in [6, 6.07) is 15.8. The van der Waals surface area contributed by atoms with Gasteiger partial charge >= 0.3 is 0 Å². The number of rotatable bonds is 6. The molecular weight excluding hydrogens is 410 g/mol. The number of hydrogen-bond donors (Lipinski definition) is 1. The Morgan fingerprint density at radius 1 is 1.10 bits per heavy atom. The molecule has 0 aliphatic rings. The molecule has 0 unspecified atom stereocenters. The second kappa shape index (κ2) is 8.62. The van der Waals surface area contributed by atoms with Crippen molar-refractivity contribution in [2.24, 2.45) is 0 Å². The van der Waals surface area contributed by atoms with Crippen LogP contribution in [0.1, 0.15) is 5.56 Å². The molecule has 2 aromatic carbocycles. The van der Waals surface area contributed by atoms with Gasteiger partial charge in [0.25, 0.3) is 5.56 Å². The fourth-order valence-corrected chi connectivity index (χ4v) is 4.21. The molecule has 3 rings (SSSR count). The first-order valence-electron chi connectivity index (χ1n) is 8.63. The summed E-state index contributed by atoms with van der Waals surface area (Å²) in [7, 11) is -3.90. The summed E-state index contributed by atoms with van der Waals surface area (Å²) in [5, 5.41) is 6.30. The van der Waals surface area contributed by atoms with Gasteiger partial charge in [0.1, 0.15) is 6.54 Å². The third kappa shape index (κ3) is 4.93. The minimum Gasteiger partial charge on any atom is -0.324 e. The number of hydrogen-bond acceptors (Lipinski definition) is 6. The van der Waals surface area contributed by atoms with E-state index in [1.54, 1.807) is 30.3 Å². The van der Waals surface area contributed by atoms with Crippen LogP contribution in [0.3, 0.4) is 0 Å². The standard InChI is InChI=1S/C20H19N3O4S2/c1-14-6-8-17(9-7-14)29(26,27)19-10-11-20(25)23(22-19)13-18(24)21-15-4-3-5-16(12-15)28-2/h3-12H,13H2,1-2H3,(H,21,24). The molecule has 0 radical (unpaired) electrons. The van der Waals surface area contributed by atoms with E-state index in [0.29, 0.717) is 5.69 Å². The van der Waals surface area contributed by atoms with Crippen LogP contribution in [0.15, 0.2) is 80.3 Å². The van der Waals surface area contributed by atoms with Gasteiger partial charge in [-0.05, 0) is 49.6 Å². The Kier molecular flexibility index (Phi) is 6.19. The van der Waals surface area contributed by atoms with Crippen molar-refractivity contribution in [1.29, 1.82) is 0 Å². The Hall–Kier alpha value is -2.91. The van der Waals surface area contributed by atoms with Crippen LogP contribution in [0.25, 0.3) is 0 Å². The lowest BCUT2D eigenvalue weighted by molar-refractivity contribution is -0.117. The molecule has 150 valence electrons. The zero-order valence-electron chi connectivity index (χ0n) is 15.8. The minimum atomic E-state index is -3.90. The van der Waals surface area contributed by atoms with Crippen LogP contribution < -0.4 is 10.9 Å². The number of nitrogens with one attached hydrogen (secondary N) is 1. The highest BCUT2D eigenvalue weighted by atomic mass is 32.2. The highest BCUT2D eigenvalue weighted by molar-refractivity contribution is 7.98. The summed E-state index contributed by atoms with van der Waals surface area (Å²) in [5.74, 6) is -0.484. The van der Waals surface area contributed by atoms with Crippen LogP contribution in [0.5, 0.6) is 0 Å². The zero-order valence-corrected chi connectivity index (χ0v) is 17.5. The van der Waals surface area contributed by atoms with E-state index in [4.69, 9.17) is 0 Å². The molecule has 0 bridgehead atoms. The van der Waals surface area contributed by atoms with E-state index in [-0.39, 0.29) is 9.92 Å². The molecule has 9 heteroatoms. The Labute approximate surface area is 172 Å². The molecule has 0 atom stereocenters. The van der Waals surface area contributed by atoms with Crippen LogP contribution >= 0.6 is 11.8 Å². The van der Waals surface area contributed by atoms with E-state index >= 15 is 0 Å². The van der Waals surface area contributed by atoms with Crippen molar-refractivity contribution >= 4 is 33.2 Å². The van der Waals surface area contributed by atoms with Gasteiger partial charge < -0.3 is 5.32 Å². The largest absolute Gasteiger partial charge is 0.324 e. The number of carbonyl (C=O) groups excluding carboxylic acids is 1. The number of anilines is 1. The number of aromatic nitrogens is 2. The van der Waals surface area contributed by atoms with Crippen molar-refractivity contribution in [3.63, 3.8) is 0 Å². The quantitative estimate of drug-likeness (QED) is 0.605. The predicted octanol–water partition coefficient (Wildman–Crippen LogP) is 2.75. The fraction of sp³-hybridized carbons (Fsp3) is 0.150. The van der Waals surface area contributed by atoms with Crippen LogP contribution in [0.2, 0.25) is 0 Å². The first kappa shape index (κ1) is 20.8. The van der Waals surface area contributed by atoms with Crippen molar-refractivity contribution in [2.75, 3.05) is 11.6 Å². The topological polar surface area (TPSA) is 98.1 Å². The molecule has 7 nitrogen and oxygen atoms in total. The molecule has 1 amide bonds. The number of sulfone groups is 1. The van der Waals surface area contributed by atoms with Crippen LogP contribution in [0, 0.1) is 6.92 Å². The van der Waals surface area contributed by atoms with Gasteiger partial charge in [-0.15, -0.1) is 11.8 Å². The summed E-state index contributed by atoms with van der Waals surface area (Å²) in [6.45, 7) is 1.45. The molecule has 0 saturated heterocycles. The normalized spacial score (nSPS) is 11.2. The summed E-state index contributed by atoms with van der Waals surface area (Å²) in [6.07, 6.45) is 1.92. The average Bonchev–Trinajstić information content (AvgIpc) is 2.70. The third-order valence-corrected chi connectivity index (χ3v) is 6.48. The van der Waals surface area contributed by atoms with E-state index in [2.05, 4.69) is 10.4 Å². The minimum absolute atomic E-state index is 0.0686. The van der Waals surface area contributed by atoms with Gasteiger partial charge in [-0.2, -0.15) is 5.10 Å². The van der Waals surface area contributed by atoms with Gasteiger partial charge in [0.15, 0.2) is 5.03 Å². The van der Waals surface area contributed by atoms with Crippen molar-refractivity contribution < 1.29 is 13.2 Å². The summed E-state index contributed by atoms with van der Waals surface area (Å²) in [5.41, 5.74) is 0.934. The van der Waals surface area contributed by atoms with Crippen LogP contribution in [-0.4, -0.2) is 30.4 Å². The predicted molar refractivity (Wildman–Crippen MR) is 112 cm³/mol. The van der Waals surface area contributed by atoms with E-state index < -0.39 is 27.8 Å². The molecule has 29 heavy (non-hydrogen) atoms. The molecule has 0 spiro atoms. The van der Waals surface area contributed by atoms with Gasteiger partial charge in [-0.3, -0.25) is 9.59 Å². The van der Waals surface area contributed by atoms with Crippen LogP contribution in [-0.2, 0) is 21.2 Å². The Balaban J connectivity index is 1.84. The molecule has 0 aliphatic carbocycles. The lowest BCUT2D eigenvalue weighted by atomic mass is 10.2.